The fourth-order valence-corrected chi connectivity index (χ4v) is 3.62. The molecule has 2 aromatic carbocycles. The summed E-state index contributed by atoms with van der Waals surface area (Å²) in [6.07, 6.45) is -3.90. The van der Waals surface area contributed by atoms with Crippen LogP contribution in [0.2, 0.25) is 5.02 Å². The average molecular weight is 381 g/mol. The molecule has 1 aliphatic rings. The lowest BCUT2D eigenvalue weighted by Crippen LogP contribution is -2.42. The predicted molar refractivity (Wildman–Crippen MR) is 93.0 cm³/mol. The van der Waals surface area contributed by atoms with Crippen LogP contribution in [-0.4, -0.2) is 18.2 Å². The van der Waals surface area contributed by atoms with Crippen molar-refractivity contribution in [1.29, 1.82) is 5.26 Å². The summed E-state index contributed by atoms with van der Waals surface area (Å²) in [6, 6.07) is 12.3. The lowest BCUT2D eigenvalue weighted by atomic mass is 9.84. The van der Waals surface area contributed by atoms with Crippen LogP contribution in [0.1, 0.15) is 29.5 Å². The van der Waals surface area contributed by atoms with E-state index in [0.717, 1.165) is 6.07 Å². The van der Waals surface area contributed by atoms with E-state index < -0.39 is 22.9 Å². The quantitative estimate of drug-likeness (QED) is 0.820. The topological polar surface area (TPSA) is 47.3 Å². The van der Waals surface area contributed by atoms with Crippen LogP contribution in [0.25, 0.3) is 0 Å². The molecule has 0 amide bonds. The Morgan fingerprint density at radius 3 is 2.35 bits per heavy atom. The van der Waals surface area contributed by atoms with Crippen molar-refractivity contribution < 1.29 is 18.3 Å². The van der Waals surface area contributed by atoms with Gasteiger partial charge in [0.2, 0.25) is 0 Å². The SMILES string of the molecule is N#Cc1ccc(N2CCC(O)(c3ccccc3Cl)CC2)cc1C(F)(F)F. The van der Waals surface area contributed by atoms with E-state index >= 15 is 0 Å². The zero-order chi connectivity index (χ0) is 18.9. The molecule has 1 N–H and O–H groups in total. The molecule has 1 heterocycles. The monoisotopic (exact) mass is 380 g/mol. The van der Waals surface area contributed by atoms with E-state index in [1.807, 2.05) is 0 Å². The Balaban J connectivity index is 1.83. The van der Waals surface area contributed by atoms with E-state index in [2.05, 4.69) is 0 Å². The molecule has 3 rings (SSSR count). The number of hydrogen-bond acceptors (Lipinski definition) is 3. The summed E-state index contributed by atoms with van der Waals surface area (Å²) in [6.45, 7) is 0.760. The largest absolute Gasteiger partial charge is 0.417 e. The van der Waals surface area contributed by atoms with E-state index in [-0.39, 0.29) is 0 Å². The van der Waals surface area contributed by atoms with Crippen molar-refractivity contribution in [2.24, 2.45) is 0 Å². The maximum Gasteiger partial charge on any atom is 0.417 e. The van der Waals surface area contributed by atoms with Gasteiger partial charge < -0.3 is 10.0 Å². The fourth-order valence-electron chi connectivity index (χ4n) is 3.30. The van der Waals surface area contributed by atoms with E-state index in [4.69, 9.17) is 16.9 Å². The molecule has 26 heavy (non-hydrogen) atoms. The zero-order valence-electron chi connectivity index (χ0n) is 13.7. The van der Waals surface area contributed by atoms with Crippen molar-refractivity contribution in [2.75, 3.05) is 18.0 Å². The summed E-state index contributed by atoms with van der Waals surface area (Å²) in [5, 5.41) is 20.3. The van der Waals surface area contributed by atoms with Gasteiger partial charge >= 0.3 is 6.18 Å². The molecule has 2 aromatic rings. The third kappa shape index (κ3) is 3.50. The molecule has 0 unspecified atom stereocenters. The van der Waals surface area contributed by atoms with Gasteiger partial charge in [0.1, 0.15) is 0 Å². The van der Waals surface area contributed by atoms with Gasteiger partial charge in [0.15, 0.2) is 0 Å². The van der Waals surface area contributed by atoms with Crippen LogP contribution in [-0.2, 0) is 11.8 Å². The van der Waals surface area contributed by atoms with Crippen molar-refractivity contribution in [2.45, 2.75) is 24.6 Å². The Bertz CT molecular complexity index is 853. The number of aliphatic hydroxyl groups is 1. The molecule has 0 bridgehead atoms. The van der Waals surface area contributed by atoms with E-state index in [1.165, 1.54) is 12.1 Å². The third-order valence-corrected chi connectivity index (χ3v) is 5.09. The number of anilines is 1. The van der Waals surface area contributed by atoms with Gasteiger partial charge in [-0.1, -0.05) is 29.8 Å². The second-order valence-electron chi connectivity index (χ2n) is 6.34. The number of halogens is 4. The van der Waals surface area contributed by atoms with Gasteiger partial charge in [0, 0.05) is 29.4 Å². The van der Waals surface area contributed by atoms with Crippen molar-refractivity contribution in [3.05, 3.63) is 64.2 Å². The highest BCUT2D eigenvalue weighted by atomic mass is 35.5. The van der Waals surface area contributed by atoms with E-state index in [0.29, 0.717) is 42.2 Å². The minimum absolute atomic E-state index is 0.345. The third-order valence-electron chi connectivity index (χ3n) is 4.76. The number of nitriles is 1. The molecule has 0 spiro atoms. The van der Waals surface area contributed by atoms with E-state index in [1.54, 1.807) is 35.2 Å². The molecule has 1 saturated heterocycles. The molecule has 136 valence electrons. The van der Waals surface area contributed by atoms with Gasteiger partial charge in [-0.05, 0) is 37.1 Å². The van der Waals surface area contributed by atoms with Crippen molar-refractivity contribution in [3.8, 4) is 6.07 Å². The molecule has 1 aliphatic heterocycles. The first-order valence-corrected chi connectivity index (χ1v) is 8.46. The van der Waals surface area contributed by atoms with Crippen LogP contribution < -0.4 is 4.90 Å². The molecular formula is C19H16ClF3N2O. The van der Waals surface area contributed by atoms with Crippen LogP contribution in [0, 0.1) is 11.3 Å². The Morgan fingerprint density at radius 2 is 1.77 bits per heavy atom. The standard InChI is InChI=1S/C19H16ClF3N2O/c20-17-4-2-1-3-15(17)18(26)7-9-25(10-8-18)14-6-5-13(12-24)16(11-14)19(21,22)23/h1-6,11,26H,7-10H2. The minimum atomic E-state index is -4.59. The van der Waals surface area contributed by atoms with Crippen LogP contribution in [0.3, 0.4) is 0 Å². The lowest BCUT2D eigenvalue weighted by molar-refractivity contribution is -0.137. The molecular weight excluding hydrogens is 365 g/mol. The highest BCUT2D eigenvalue weighted by Gasteiger charge is 2.37. The van der Waals surface area contributed by atoms with Crippen LogP contribution in [0.4, 0.5) is 18.9 Å². The number of rotatable bonds is 2. The van der Waals surface area contributed by atoms with Crippen LogP contribution >= 0.6 is 11.6 Å². The van der Waals surface area contributed by atoms with Gasteiger partial charge in [-0.15, -0.1) is 0 Å². The maximum atomic E-state index is 13.1. The minimum Gasteiger partial charge on any atom is -0.385 e. The van der Waals surface area contributed by atoms with E-state index in [9.17, 15) is 18.3 Å². The second-order valence-corrected chi connectivity index (χ2v) is 6.75. The summed E-state index contributed by atoms with van der Waals surface area (Å²) < 4.78 is 39.4. The van der Waals surface area contributed by atoms with Crippen molar-refractivity contribution >= 4 is 17.3 Å². The number of piperidine rings is 1. The summed E-state index contributed by atoms with van der Waals surface area (Å²) in [5.41, 5.74) is -1.42. The Hall–Kier alpha value is -2.23. The van der Waals surface area contributed by atoms with Gasteiger partial charge in [-0.3, -0.25) is 0 Å². The molecule has 0 saturated carbocycles. The summed E-state index contributed by atoms with van der Waals surface area (Å²) in [7, 11) is 0. The predicted octanol–water partition coefficient (Wildman–Crippen LogP) is 4.72. The first-order chi connectivity index (χ1) is 12.2. The smallest absolute Gasteiger partial charge is 0.385 e. The van der Waals surface area contributed by atoms with Crippen LogP contribution in [0.5, 0.6) is 0 Å². The molecule has 0 radical (unpaired) electrons. The molecule has 1 fully saturated rings. The molecule has 0 aromatic heterocycles. The summed E-state index contributed by atoms with van der Waals surface area (Å²) >= 11 is 6.18. The van der Waals surface area contributed by atoms with Gasteiger partial charge in [-0.25, -0.2) is 0 Å². The first-order valence-electron chi connectivity index (χ1n) is 8.08. The number of benzene rings is 2. The Kier molecular flexibility index (Phi) is 4.87. The number of hydrogen-bond donors (Lipinski definition) is 1. The molecule has 0 aliphatic carbocycles. The van der Waals surface area contributed by atoms with Crippen LogP contribution in [0.15, 0.2) is 42.5 Å². The fraction of sp³-hybridized carbons (Fsp3) is 0.316. The van der Waals surface area contributed by atoms with Gasteiger partial charge in [0.05, 0.1) is 22.8 Å². The van der Waals surface area contributed by atoms with Gasteiger partial charge in [0.25, 0.3) is 0 Å². The highest BCUT2D eigenvalue weighted by molar-refractivity contribution is 6.31. The Morgan fingerprint density at radius 1 is 1.12 bits per heavy atom. The van der Waals surface area contributed by atoms with Crippen molar-refractivity contribution in [1.82, 2.24) is 0 Å². The zero-order valence-corrected chi connectivity index (χ0v) is 14.5. The van der Waals surface area contributed by atoms with Gasteiger partial charge in [-0.2, -0.15) is 18.4 Å². The first kappa shape index (κ1) is 18.6. The summed E-state index contributed by atoms with van der Waals surface area (Å²) in [4.78, 5) is 1.78. The highest BCUT2D eigenvalue weighted by Crippen LogP contribution is 2.39. The number of alkyl halides is 3. The Labute approximate surface area is 154 Å². The normalized spacial score (nSPS) is 17.0. The summed E-state index contributed by atoms with van der Waals surface area (Å²) in [5.74, 6) is 0. The number of nitrogens with zero attached hydrogens (tertiary/aromatic N) is 2. The maximum absolute atomic E-state index is 13.1. The lowest BCUT2D eigenvalue weighted by Gasteiger charge is -2.40. The molecule has 0 atom stereocenters. The van der Waals surface area contributed by atoms with Crippen molar-refractivity contribution in [3.63, 3.8) is 0 Å². The average Bonchev–Trinajstić information content (AvgIpc) is 2.61. The molecule has 7 heteroatoms. The second kappa shape index (κ2) is 6.82. The molecule has 3 nitrogen and oxygen atoms in total.